The predicted molar refractivity (Wildman–Crippen MR) is 68.8 cm³/mol. The fourth-order valence-electron chi connectivity index (χ4n) is 1.39. The largest absolute Gasteiger partial charge is 0.491 e. The fourth-order valence-corrected chi connectivity index (χ4v) is 2.17. The molecule has 0 aromatic heterocycles. The van der Waals surface area contributed by atoms with E-state index in [-0.39, 0.29) is 5.75 Å². The van der Waals surface area contributed by atoms with E-state index in [0.717, 1.165) is 18.2 Å². The first-order valence-electron chi connectivity index (χ1n) is 5.55. The van der Waals surface area contributed by atoms with Crippen molar-refractivity contribution in [2.24, 2.45) is 5.92 Å². The second-order valence-corrected chi connectivity index (χ2v) is 4.77. The van der Waals surface area contributed by atoms with E-state index >= 15 is 0 Å². The highest BCUT2D eigenvalue weighted by Crippen LogP contribution is 2.19. The van der Waals surface area contributed by atoms with Gasteiger partial charge in [0.25, 0.3) is 0 Å². The Bertz CT molecular complexity index is 403. The van der Waals surface area contributed by atoms with Crippen LogP contribution in [0, 0.1) is 23.1 Å². The number of alkyl halides is 1. The van der Waals surface area contributed by atoms with Gasteiger partial charge >= 0.3 is 0 Å². The van der Waals surface area contributed by atoms with Crippen molar-refractivity contribution in [2.75, 3.05) is 11.9 Å². The molecule has 92 valence electrons. The zero-order chi connectivity index (χ0) is 12.7. The molecular formula is C13H15BrFNO. The first-order chi connectivity index (χ1) is 8.17. The number of ether oxygens (including phenoxy) is 1. The van der Waals surface area contributed by atoms with Crippen LogP contribution in [-0.4, -0.2) is 11.9 Å². The highest BCUT2D eigenvalue weighted by molar-refractivity contribution is 9.09. The molecule has 0 saturated carbocycles. The second kappa shape index (κ2) is 7.29. The van der Waals surface area contributed by atoms with Crippen LogP contribution in [0.1, 0.15) is 25.3 Å². The zero-order valence-electron chi connectivity index (χ0n) is 9.75. The summed E-state index contributed by atoms with van der Waals surface area (Å²) < 4.78 is 18.8. The molecule has 0 N–H and O–H groups in total. The number of benzene rings is 1. The predicted octanol–water partition coefficient (Wildman–Crippen LogP) is 3.89. The molecule has 2 nitrogen and oxygen atoms in total. The summed E-state index contributed by atoms with van der Waals surface area (Å²) in [7, 11) is 0. The molecule has 1 unspecified atom stereocenters. The maximum Gasteiger partial charge on any atom is 0.166 e. The number of hydrogen-bond donors (Lipinski definition) is 0. The van der Waals surface area contributed by atoms with Gasteiger partial charge in [-0.25, -0.2) is 4.39 Å². The number of rotatable bonds is 6. The van der Waals surface area contributed by atoms with Crippen LogP contribution in [0.15, 0.2) is 18.2 Å². The molecule has 1 aromatic rings. The number of halogens is 2. The average molecular weight is 300 g/mol. The van der Waals surface area contributed by atoms with Gasteiger partial charge in [0.05, 0.1) is 18.2 Å². The van der Waals surface area contributed by atoms with Crippen LogP contribution in [0.25, 0.3) is 0 Å². The lowest BCUT2D eigenvalue weighted by molar-refractivity contribution is 0.270. The molecule has 0 aliphatic heterocycles. The Labute approximate surface area is 110 Å². The Morgan fingerprint density at radius 1 is 1.47 bits per heavy atom. The number of hydrogen-bond acceptors (Lipinski definition) is 2. The molecule has 0 amide bonds. The van der Waals surface area contributed by atoms with Crippen molar-refractivity contribution in [2.45, 2.75) is 19.8 Å². The zero-order valence-corrected chi connectivity index (χ0v) is 11.3. The summed E-state index contributed by atoms with van der Waals surface area (Å²) in [4.78, 5) is 0. The van der Waals surface area contributed by atoms with Gasteiger partial charge in [0.15, 0.2) is 11.6 Å². The van der Waals surface area contributed by atoms with Gasteiger partial charge in [0.2, 0.25) is 0 Å². The van der Waals surface area contributed by atoms with Crippen molar-refractivity contribution >= 4 is 15.9 Å². The van der Waals surface area contributed by atoms with E-state index in [1.165, 1.54) is 12.1 Å². The minimum Gasteiger partial charge on any atom is -0.491 e. The summed E-state index contributed by atoms with van der Waals surface area (Å²) in [6.07, 6.45) is 1.98. The first kappa shape index (κ1) is 14.0. The molecule has 0 aliphatic rings. The quantitative estimate of drug-likeness (QED) is 0.747. The van der Waals surface area contributed by atoms with Gasteiger partial charge < -0.3 is 4.74 Å². The van der Waals surface area contributed by atoms with Crippen LogP contribution in [0.4, 0.5) is 4.39 Å². The lowest BCUT2D eigenvalue weighted by Crippen LogP contribution is -2.05. The molecule has 1 atom stereocenters. The van der Waals surface area contributed by atoms with E-state index < -0.39 is 5.82 Å². The molecule has 17 heavy (non-hydrogen) atoms. The molecular weight excluding hydrogens is 285 g/mol. The molecule has 1 rings (SSSR count). The third-order valence-electron chi connectivity index (χ3n) is 2.53. The summed E-state index contributed by atoms with van der Waals surface area (Å²) in [5.74, 6) is 0.294. The van der Waals surface area contributed by atoms with Crippen molar-refractivity contribution in [3.8, 4) is 11.8 Å². The van der Waals surface area contributed by atoms with E-state index in [1.54, 1.807) is 6.07 Å². The Morgan fingerprint density at radius 3 is 2.82 bits per heavy atom. The van der Waals surface area contributed by atoms with E-state index in [1.807, 2.05) is 6.07 Å². The molecule has 0 heterocycles. The standard InChI is InChI=1S/C13H15BrFNO/c1-10(4-6-14)5-7-17-13-3-2-11(9-16)8-12(13)15/h2-3,8,10H,4-7H2,1H3. The Morgan fingerprint density at radius 2 is 2.24 bits per heavy atom. The average Bonchev–Trinajstić information content (AvgIpc) is 2.31. The lowest BCUT2D eigenvalue weighted by Gasteiger charge is -2.11. The van der Waals surface area contributed by atoms with Crippen LogP contribution in [0.2, 0.25) is 0 Å². The molecule has 0 radical (unpaired) electrons. The second-order valence-electron chi connectivity index (χ2n) is 3.98. The van der Waals surface area contributed by atoms with E-state index in [2.05, 4.69) is 22.9 Å². The smallest absolute Gasteiger partial charge is 0.166 e. The molecule has 0 aliphatic carbocycles. The Kier molecular flexibility index (Phi) is 5.99. The van der Waals surface area contributed by atoms with Crippen molar-refractivity contribution in [1.29, 1.82) is 5.26 Å². The Balaban J connectivity index is 2.45. The van der Waals surface area contributed by atoms with Gasteiger partial charge in [0.1, 0.15) is 0 Å². The number of nitriles is 1. The van der Waals surface area contributed by atoms with Crippen LogP contribution < -0.4 is 4.74 Å². The molecule has 1 aromatic carbocycles. The van der Waals surface area contributed by atoms with Crippen LogP contribution in [0.3, 0.4) is 0 Å². The molecule has 4 heteroatoms. The van der Waals surface area contributed by atoms with Crippen molar-refractivity contribution in [3.63, 3.8) is 0 Å². The van der Waals surface area contributed by atoms with Gasteiger partial charge in [-0.2, -0.15) is 5.26 Å². The van der Waals surface area contributed by atoms with Gasteiger partial charge in [-0.1, -0.05) is 22.9 Å². The normalized spacial score (nSPS) is 11.9. The summed E-state index contributed by atoms with van der Waals surface area (Å²) in [5, 5.41) is 9.57. The molecule has 0 fully saturated rings. The molecule has 0 bridgehead atoms. The van der Waals surface area contributed by atoms with E-state index in [9.17, 15) is 4.39 Å². The molecule has 0 spiro atoms. The minimum absolute atomic E-state index is 0.218. The monoisotopic (exact) mass is 299 g/mol. The van der Waals surface area contributed by atoms with E-state index in [0.29, 0.717) is 18.1 Å². The highest BCUT2D eigenvalue weighted by Gasteiger charge is 2.06. The first-order valence-corrected chi connectivity index (χ1v) is 6.68. The third kappa shape index (κ3) is 4.74. The summed E-state index contributed by atoms with van der Waals surface area (Å²) in [5.41, 5.74) is 0.308. The van der Waals surface area contributed by atoms with E-state index in [4.69, 9.17) is 10.00 Å². The lowest BCUT2D eigenvalue weighted by atomic mass is 10.1. The number of nitrogens with zero attached hydrogens (tertiary/aromatic N) is 1. The van der Waals surface area contributed by atoms with Crippen LogP contribution in [0.5, 0.6) is 5.75 Å². The van der Waals surface area contributed by atoms with Gasteiger partial charge in [-0.15, -0.1) is 0 Å². The van der Waals surface area contributed by atoms with Gasteiger partial charge in [-0.05, 0) is 37.0 Å². The van der Waals surface area contributed by atoms with Crippen molar-refractivity contribution in [1.82, 2.24) is 0 Å². The fraction of sp³-hybridized carbons (Fsp3) is 0.462. The topological polar surface area (TPSA) is 33.0 Å². The van der Waals surface area contributed by atoms with Gasteiger partial charge in [-0.3, -0.25) is 0 Å². The molecule has 0 saturated heterocycles. The third-order valence-corrected chi connectivity index (χ3v) is 2.99. The van der Waals surface area contributed by atoms with Gasteiger partial charge in [0, 0.05) is 5.33 Å². The highest BCUT2D eigenvalue weighted by atomic mass is 79.9. The van der Waals surface area contributed by atoms with Crippen molar-refractivity contribution in [3.05, 3.63) is 29.6 Å². The summed E-state index contributed by atoms with van der Waals surface area (Å²) in [6.45, 7) is 2.64. The van der Waals surface area contributed by atoms with Crippen molar-refractivity contribution < 1.29 is 9.13 Å². The maximum absolute atomic E-state index is 13.4. The SMILES string of the molecule is CC(CCBr)CCOc1ccc(C#N)cc1F. The van der Waals surface area contributed by atoms with Crippen LogP contribution >= 0.6 is 15.9 Å². The summed E-state index contributed by atoms with van der Waals surface area (Å²) >= 11 is 3.38. The Hall–Kier alpha value is -1.08. The maximum atomic E-state index is 13.4. The minimum atomic E-state index is -0.475. The van der Waals surface area contributed by atoms with Crippen LogP contribution in [-0.2, 0) is 0 Å². The summed E-state index contributed by atoms with van der Waals surface area (Å²) in [6, 6.07) is 6.14.